The second-order valence-electron chi connectivity index (χ2n) is 5.87. The summed E-state index contributed by atoms with van der Waals surface area (Å²) in [6, 6.07) is 5.65. The molecule has 2 heterocycles. The Morgan fingerprint density at radius 2 is 1.92 bits per heavy atom. The van der Waals surface area contributed by atoms with E-state index in [9.17, 15) is 20.1 Å². The number of benzene rings is 1. The maximum absolute atomic E-state index is 11.6. The Balaban J connectivity index is 1.86. The molecule has 8 heteroatoms. The first-order chi connectivity index (χ1) is 11.4. The van der Waals surface area contributed by atoms with Gasteiger partial charge in [0.25, 0.3) is 0 Å². The normalized spacial score (nSPS) is 30.5. The quantitative estimate of drug-likeness (QED) is 0.465. The highest BCUT2D eigenvalue weighted by Crippen LogP contribution is 2.25. The molecule has 3 unspecified atom stereocenters. The molecule has 1 aromatic heterocycles. The number of hydrogen-bond acceptors (Lipinski definition) is 8. The molecule has 0 saturated carbocycles. The summed E-state index contributed by atoms with van der Waals surface area (Å²) in [7, 11) is 0. The number of ether oxygens (including phenoxy) is 1. The van der Waals surface area contributed by atoms with Crippen molar-refractivity contribution >= 4 is 16.7 Å². The van der Waals surface area contributed by atoms with Crippen LogP contribution in [0.5, 0.6) is 0 Å². The van der Waals surface area contributed by atoms with E-state index in [-0.39, 0.29) is 0 Å². The number of aliphatic hydroxyl groups is 4. The van der Waals surface area contributed by atoms with Crippen LogP contribution >= 0.6 is 0 Å². The van der Waals surface area contributed by atoms with Crippen molar-refractivity contribution in [3.63, 3.8) is 0 Å². The van der Waals surface area contributed by atoms with Crippen LogP contribution in [0.4, 0.5) is 5.69 Å². The van der Waals surface area contributed by atoms with Crippen LogP contribution in [0.3, 0.4) is 0 Å². The number of anilines is 1. The third-order valence-electron chi connectivity index (χ3n) is 4.14. The molecule has 5 N–H and O–H groups in total. The second-order valence-corrected chi connectivity index (χ2v) is 5.87. The van der Waals surface area contributed by atoms with Crippen LogP contribution in [0, 0.1) is 6.92 Å². The molecule has 1 fully saturated rings. The molecule has 1 aliphatic heterocycles. The molecule has 1 aromatic carbocycles. The van der Waals surface area contributed by atoms with E-state index >= 15 is 0 Å². The maximum atomic E-state index is 11.6. The highest BCUT2D eigenvalue weighted by Gasteiger charge is 2.43. The van der Waals surface area contributed by atoms with Gasteiger partial charge < -0.3 is 34.9 Å². The van der Waals surface area contributed by atoms with Gasteiger partial charge in [0.2, 0.25) is 0 Å². The molecule has 0 aliphatic carbocycles. The number of hydrogen-bond donors (Lipinski definition) is 5. The Morgan fingerprint density at radius 1 is 1.17 bits per heavy atom. The van der Waals surface area contributed by atoms with Crippen LogP contribution < -0.4 is 10.9 Å². The smallest absolute Gasteiger partial charge is 0.339 e. The van der Waals surface area contributed by atoms with Gasteiger partial charge in [-0.2, -0.15) is 0 Å². The zero-order valence-electron chi connectivity index (χ0n) is 12.9. The third kappa shape index (κ3) is 3.02. The first-order valence-electron chi connectivity index (χ1n) is 7.52. The van der Waals surface area contributed by atoms with Crippen LogP contribution in [0.1, 0.15) is 5.56 Å². The predicted octanol–water partition coefficient (Wildman–Crippen LogP) is -0.687. The molecular formula is C16H19NO7. The molecule has 3 rings (SSSR count). The highest BCUT2D eigenvalue weighted by molar-refractivity contribution is 5.80. The van der Waals surface area contributed by atoms with Crippen LogP contribution in [-0.2, 0) is 4.74 Å². The minimum absolute atomic E-state index is 0.352. The largest absolute Gasteiger partial charge is 0.422 e. The van der Waals surface area contributed by atoms with Crippen molar-refractivity contribution in [2.75, 3.05) is 11.9 Å². The van der Waals surface area contributed by atoms with E-state index in [4.69, 9.17) is 14.3 Å². The van der Waals surface area contributed by atoms with Crippen molar-refractivity contribution < 1.29 is 29.6 Å². The van der Waals surface area contributed by atoms with Crippen molar-refractivity contribution in [3.05, 3.63) is 40.2 Å². The van der Waals surface area contributed by atoms with Gasteiger partial charge in [-0.15, -0.1) is 0 Å². The number of aliphatic hydroxyl groups excluding tert-OH is 4. The first-order valence-corrected chi connectivity index (χ1v) is 7.52. The van der Waals surface area contributed by atoms with Gasteiger partial charge in [0.15, 0.2) is 6.29 Å². The van der Waals surface area contributed by atoms with Gasteiger partial charge in [0.05, 0.1) is 6.61 Å². The highest BCUT2D eigenvalue weighted by atomic mass is 16.6. The first kappa shape index (κ1) is 16.9. The van der Waals surface area contributed by atoms with Gasteiger partial charge >= 0.3 is 5.63 Å². The standard InChI is InChI=1S/C16H19NO7/c1-7-4-8-2-3-9(5-10(8)23-15(7)21)17-12-14(20)13(19)11(6-18)24-16(12)22/h2-5,11-14,16-20,22H,6H2,1H3/t11?,12-,13+,14?,16?/m0/s1. The van der Waals surface area contributed by atoms with Gasteiger partial charge in [-0.3, -0.25) is 0 Å². The van der Waals surface area contributed by atoms with Crippen LogP contribution in [0.15, 0.2) is 33.5 Å². The number of nitrogens with one attached hydrogen (secondary N) is 1. The summed E-state index contributed by atoms with van der Waals surface area (Å²) < 4.78 is 10.3. The average Bonchev–Trinajstić information content (AvgIpc) is 2.56. The molecule has 5 atom stereocenters. The summed E-state index contributed by atoms with van der Waals surface area (Å²) in [5.74, 6) is 0. The zero-order valence-corrected chi connectivity index (χ0v) is 12.9. The molecule has 130 valence electrons. The fraction of sp³-hybridized carbons (Fsp3) is 0.438. The minimum atomic E-state index is -1.43. The lowest BCUT2D eigenvalue weighted by Gasteiger charge is -2.40. The molecule has 0 spiro atoms. The van der Waals surface area contributed by atoms with Crippen molar-refractivity contribution in [2.45, 2.75) is 37.6 Å². The second kappa shape index (κ2) is 6.50. The average molecular weight is 337 g/mol. The van der Waals surface area contributed by atoms with Gasteiger partial charge in [0, 0.05) is 22.7 Å². The molecule has 0 amide bonds. The van der Waals surface area contributed by atoms with E-state index in [1.165, 1.54) is 0 Å². The fourth-order valence-electron chi connectivity index (χ4n) is 2.75. The SMILES string of the molecule is Cc1cc2ccc(N[C@@H]3C(O)OC(CO)[C@@H](O)C3O)cc2oc1=O. The maximum Gasteiger partial charge on any atom is 0.339 e. The van der Waals surface area contributed by atoms with E-state index in [2.05, 4.69) is 5.32 Å². The van der Waals surface area contributed by atoms with Gasteiger partial charge in [-0.1, -0.05) is 0 Å². The van der Waals surface area contributed by atoms with Crippen LogP contribution in [-0.4, -0.2) is 57.7 Å². The predicted molar refractivity (Wildman–Crippen MR) is 84.6 cm³/mol. The lowest BCUT2D eigenvalue weighted by molar-refractivity contribution is -0.245. The summed E-state index contributed by atoms with van der Waals surface area (Å²) in [6.45, 7) is 1.13. The Bertz CT molecular complexity index is 790. The van der Waals surface area contributed by atoms with E-state index < -0.39 is 42.9 Å². The van der Waals surface area contributed by atoms with Crippen LogP contribution in [0.2, 0.25) is 0 Å². The Labute approximate surface area is 136 Å². The van der Waals surface area contributed by atoms with E-state index in [0.29, 0.717) is 16.8 Å². The van der Waals surface area contributed by atoms with Crippen molar-refractivity contribution in [1.29, 1.82) is 0 Å². The Morgan fingerprint density at radius 3 is 2.62 bits per heavy atom. The minimum Gasteiger partial charge on any atom is -0.422 e. The molecule has 24 heavy (non-hydrogen) atoms. The fourth-order valence-corrected chi connectivity index (χ4v) is 2.75. The summed E-state index contributed by atoms with van der Waals surface area (Å²) in [4.78, 5) is 11.6. The lowest BCUT2D eigenvalue weighted by atomic mass is 9.97. The summed E-state index contributed by atoms with van der Waals surface area (Å²) in [5.41, 5.74) is 0.871. The lowest BCUT2D eigenvalue weighted by Crippen LogP contribution is -2.61. The van der Waals surface area contributed by atoms with Gasteiger partial charge in [0.1, 0.15) is 29.9 Å². The third-order valence-corrected chi connectivity index (χ3v) is 4.14. The monoisotopic (exact) mass is 337 g/mol. The van der Waals surface area contributed by atoms with Crippen molar-refractivity contribution in [1.82, 2.24) is 0 Å². The number of aryl methyl sites for hydroxylation is 1. The van der Waals surface area contributed by atoms with Gasteiger partial charge in [-0.25, -0.2) is 4.79 Å². The number of rotatable bonds is 3. The summed E-state index contributed by atoms with van der Waals surface area (Å²) in [5, 5.41) is 42.7. The Hall–Kier alpha value is -1.97. The summed E-state index contributed by atoms with van der Waals surface area (Å²) in [6.07, 6.45) is -5.20. The molecule has 0 radical (unpaired) electrons. The molecule has 8 nitrogen and oxygen atoms in total. The molecule has 2 aromatic rings. The van der Waals surface area contributed by atoms with Gasteiger partial charge in [-0.05, 0) is 25.1 Å². The molecular weight excluding hydrogens is 318 g/mol. The topological polar surface area (TPSA) is 132 Å². The molecule has 1 saturated heterocycles. The van der Waals surface area contributed by atoms with E-state index in [1.54, 1.807) is 31.2 Å². The Kier molecular flexibility index (Phi) is 4.57. The van der Waals surface area contributed by atoms with Crippen molar-refractivity contribution in [3.8, 4) is 0 Å². The van der Waals surface area contributed by atoms with E-state index in [0.717, 1.165) is 5.39 Å². The number of fused-ring (bicyclic) bond motifs is 1. The van der Waals surface area contributed by atoms with E-state index in [1.807, 2.05) is 0 Å². The molecule has 1 aliphatic rings. The zero-order chi connectivity index (χ0) is 17.4. The van der Waals surface area contributed by atoms with Crippen molar-refractivity contribution in [2.24, 2.45) is 0 Å². The summed E-state index contributed by atoms with van der Waals surface area (Å²) >= 11 is 0. The molecule has 0 bridgehead atoms. The van der Waals surface area contributed by atoms with Crippen LogP contribution in [0.25, 0.3) is 11.0 Å².